The number of aromatic nitrogens is 1. The van der Waals surface area contributed by atoms with Crippen LogP contribution in [0.1, 0.15) is 20.8 Å². The third-order valence-electron chi connectivity index (χ3n) is 1.85. The van der Waals surface area contributed by atoms with E-state index in [1.807, 2.05) is 13.8 Å². The van der Waals surface area contributed by atoms with Crippen molar-refractivity contribution < 1.29 is 14.3 Å². The number of carbonyl (C=O) groups is 1. The summed E-state index contributed by atoms with van der Waals surface area (Å²) in [6, 6.07) is 3.48. The lowest BCUT2D eigenvalue weighted by molar-refractivity contribution is -0.139. The Kier molecular flexibility index (Phi) is 5.77. The van der Waals surface area contributed by atoms with Crippen LogP contribution < -0.4 is 10.5 Å². The summed E-state index contributed by atoms with van der Waals surface area (Å²) < 4.78 is 10.3. The van der Waals surface area contributed by atoms with Gasteiger partial charge in [-0.3, -0.25) is 4.79 Å². The quantitative estimate of drug-likeness (QED) is 0.630. The Bertz CT molecular complexity index is 410. The molecule has 0 unspecified atom stereocenters. The van der Waals surface area contributed by atoms with Gasteiger partial charge in [0, 0.05) is 0 Å². The standard InChI is InChI=1S/C12H18N2O3S/c1-4-16-11(15)7-18-10-6-5-9(13)12(14-10)17-8(2)3/h5-6,8H,4,7,13H2,1-3H3. The Morgan fingerprint density at radius 3 is 2.83 bits per heavy atom. The van der Waals surface area contributed by atoms with E-state index in [1.165, 1.54) is 11.8 Å². The van der Waals surface area contributed by atoms with Gasteiger partial charge in [0.1, 0.15) is 5.03 Å². The van der Waals surface area contributed by atoms with Crippen molar-refractivity contribution in [2.24, 2.45) is 0 Å². The average Bonchev–Trinajstić information content (AvgIpc) is 2.30. The van der Waals surface area contributed by atoms with Crippen LogP contribution >= 0.6 is 11.8 Å². The van der Waals surface area contributed by atoms with Gasteiger partial charge in [0.25, 0.3) is 0 Å². The maximum absolute atomic E-state index is 11.2. The van der Waals surface area contributed by atoms with E-state index in [2.05, 4.69) is 4.98 Å². The first kappa shape index (κ1) is 14.6. The molecule has 0 spiro atoms. The molecule has 18 heavy (non-hydrogen) atoms. The second kappa shape index (κ2) is 7.10. The van der Waals surface area contributed by atoms with Gasteiger partial charge in [-0.2, -0.15) is 0 Å². The van der Waals surface area contributed by atoms with Crippen molar-refractivity contribution in [3.05, 3.63) is 12.1 Å². The number of esters is 1. The summed E-state index contributed by atoms with van der Waals surface area (Å²) in [6.45, 7) is 5.97. The molecule has 0 aromatic carbocycles. The third kappa shape index (κ3) is 4.83. The summed E-state index contributed by atoms with van der Waals surface area (Å²) in [5.41, 5.74) is 6.24. The molecule has 0 aliphatic rings. The maximum atomic E-state index is 11.2. The lowest BCUT2D eigenvalue weighted by Crippen LogP contribution is -2.10. The highest BCUT2D eigenvalue weighted by Gasteiger charge is 2.09. The fraction of sp³-hybridized carbons (Fsp3) is 0.500. The van der Waals surface area contributed by atoms with Gasteiger partial charge in [0.15, 0.2) is 0 Å². The first-order valence-corrected chi connectivity index (χ1v) is 6.73. The number of thioether (sulfide) groups is 1. The molecule has 0 bridgehead atoms. The Hall–Kier alpha value is -1.43. The third-order valence-corrected chi connectivity index (χ3v) is 2.76. The number of nitrogens with zero attached hydrogens (tertiary/aromatic N) is 1. The number of nitrogen functional groups attached to an aromatic ring is 1. The maximum Gasteiger partial charge on any atom is 0.316 e. The summed E-state index contributed by atoms with van der Waals surface area (Å²) in [5.74, 6) is 0.373. The number of rotatable bonds is 6. The molecule has 0 atom stereocenters. The summed E-state index contributed by atoms with van der Waals surface area (Å²) in [5, 5.41) is 0.688. The topological polar surface area (TPSA) is 74.4 Å². The van der Waals surface area contributed by atoms with E-state index in [-0.39, 0.29) is 17.8 Å². The second-order valence-corrected chi connectivity index (χ2v) is 4.80. The molecule has 100 valence electrons. The van der Waals surface area contributed by atoms with Crippen molar-refractivity contribution in [1.29, 1.82) is 0 Å². The molecule has 0 aliphatic carbocycles. The number of pyridine rings is 1. The molecule has 0 amide bonds. The fourth-order valence-electron chi connectivity index (χ4n) is 1.17. The lowest BCUT2D eigenvalue weighted by atomic mass is 10.4. The summed E-state index contributed by atoms with van der Waals surface area (Å²) in [7, 11) is 0. The lowest BCUT2D eigenvalue weighted by Gasteiger charge is -2.11. The van der Waals surface area contributed by atoms with Crippen LogP contribution in [0.3, 0.4) is 0 Å². The minimum Gasteiger partial charge on any atom is -0.473 e. The van der Waals surface area contributed by atoms with Crippen LogP contribution in [0.15, 0.2) is 17.2 Å². The van der Waals surface area contributed by atoms with Crippen LogP contribution in [-0.4, -0.2) is 29.4 Å². The molecule has 0 aliphatic heterocycles. The van der Waals surface area contributed by atoms with E-state index in [4.69, 9.17) is 15.2 Å². The highest BCUT2D eigenvalue weighted by Crippen LogP contribution is 2.25. The molecule has 1 aromatic heterocycles. The van der Waals surface area contributed by atoms with Gasteiger partial charge in [0.05, 0.1) is 24.2 Å². The summed E-state index contributed by atoms with van der Waals surface area (Å²) >= 11 is 1.30. The molecule has 1 heterocycles. The van der Waals surface area contributed by atoms with Crippen LogP contribution in [0.2, 0.25) is 0 Å². The van der Waals surface area contributed by atoms with Crippen LogP contribution in [-0.2, 0) is 9.53 Å². The van der Waals surface area contributed by atoms with Crippen molar-refractivity contribution in [3.8, 4) is 5.88 Å². The SMILES string of the molecule is CCOC(=O)CSc1ccc(N)c(OC(C)C)n1. The van der Waals surface area contributed by atoms with Gasteiger partial charge >= 0.3 is 5.97 Å². The molecule has 0 saturated heterocycles. The van der Waals surface area contributed by atoms with Crippen molar-refractivity contribution in [2.75, 3.05) is 18.1 Å². The molecule has 0 fully saturated rings. The Morgan fingerprint density at radius 2 is 2.22 bits per heavy atom. The minimum atomic E-state index is -0.257. The highest BCUT2D eigenvalue weighted by molar-refractivity contribution is 7.99. The first-order valence-electron chi connectivity index (χ1n) is 5.74. The average molecular weight is 270 g/mol. The number of hydrogen-bond donors (Lipinski definition) is 1. The zero-order valence-electron chi connectivity index (χ0n) is 10.8. The molecule has 1 aromatic rings. The smallest absolute Gasteiger partial charge is 0.316 e. The number of ether oxygens (including phenoxy) is 2. The van der Waals surface area contributed by atoms with E-state index in [9.17, 15) is 4.79 Å². The predicted octanol–water partition coefficient (Wildman–Crippen LogP) is 2.11. The number of hydrogen-bond acceptors (Lipinski definition) is 6. The number of nitrogens with two attached hydrogens (primary N) is 1. The molecule has 1 rings (SSSR count). The van der Waals surface area contributed by atoms with E-state index in [0.717, 1.165) is 0 Å². The molecule has 0 saturated carbocycles. The van der Waals surface area contributed by atoms with Gasteiger partial charge in [-0.1, -0.05) is 11.8 Å². The second-order valence-electron chi connectivity index (χ2n) is 3.80. The highest BCUT2D eigenvalue weighted by atomic mass is 32.2. The normalized spacial score (nSPS) is 10.4. The van der Waals surface area contributed by atoms with Crippen molar-refractivity contribution >= 4 is 23.4 Å². The Morgan fingerprint density at radius 1 is 1.50 bits per heavy atom. The Labute approximate surface area is 111 Å². The minimum absolute atomic E-state index is 0.00473. The molecular weight excluding hydrogens is 252 g/mol. The number of carbonyl (C=O) groups excluding carboxylic acids is 1. The van der Waals surface area contributed by atoms with Gasteiger partial charge < -0.3 is 15.2 Å². The van der Waals surface area contributed by atoms with E-state index >= 15 is 0 Å². The van der Waals surface area contributed by atoms with E-state index in [1.54, 1.807) is 19.1 Å². The van der Waals surface area contributed by atoms with Crippen molar-refractivity contribution in [2.45, 2.75) is 31.9 Å². The predicted molar refractivity (Wildman–Crippen MR) is 71.8 cm³/mol. The van der Waals surface area contributed by atoms with Crippen LogP contribution in [0.25, 0.3) is 0 Å². The monoisotopic (exact) mass is 270 g/mol. The summed E-state index contributed by atoms with van der Waals surface area (Å²) in [6.07, 6.45) is 0.00473. The molecular formula is C12H18N2O3S. The molecule has 5 nitrogen and oxygen atoms in total. The van der Waals surface area contributed by atoms with Crippen molar-refractivity contribution in [1.82, 2.24) is 4.98 Å². The zero-order chi connectivity index (χ0) is 13.5. The zero-order valence-corrected chi connectivity index (χ0v) is 11.6. The van der Waals surface area contributed by atoms with Crippen LogP contribution in [0.5, 0.6) is 5.88 Å². The molecule has 0 radical (unpaired) electrons. The largest absolute Gasteiger partial charge is 0.473 e. The number of anilines is 1. The molecule has 6 heteroatoms. The van der Waals surface area contributed by atoms with E-state index < -0.39 is 0 Å². The summed E-state index contributed by atoms with van der Waals surface area (Å²) in [4.78, 5) is 15.5. The Balaban J connectivity index is 2.64. The van der Waals surface area contributed by atoms with Crippen molar-refractivity contribution in [3.63, 3.8) is 0 Å². The van der Waals surface area contributed by atoms with Gasteiger partial charge in [-0.05, 0) is 32.9 Å². The molecule has 2 N–H and O–H groups in total. The van der Waals surface area contributed by atoms with E-state index in [0.29, 0.717) is 23.2 Å². The van der Waals surface area contributed by atoms with Crippen LogP contribution in [0.4, 0.5) is 5.69 Å². The van der Waals surface area contributed by atoms with Crippen LogP contribution in [0, 0.1) is 0 Å². The van der Waals surface area contributed by atoms with Gasteiger partial charge in [0.2, 0.25) is 5.88 Å². The van der Waals surface area contributed by atoms with Gasteiger partial charge in [-0.25, -0.2) is 4.98 Å². The van der Waals surface area contributed by atoms with Gasteiger partial charge in [-0.15, -0.1) is 0 Å². The fourth-order valence-corrected chi connectivity index (χ4v) is 1.83. The first-order chi connectivity index (χ1) is 8.52.